The van der Waals surface area contributed by atoms with E-state index in [1.165, 1.54) is 6.33 Å². The molecule has 3 aromatic rings. The zero-order chi connectivity index (χ0) is 19.0. The van der Waals surface area contributed by atoms with Gasteiger partial charge in [-0.1, -0.05) is 36.4 Å². The van der Waals surface area contributed by atoms with Crippen LogP contribution in [0.2, 0.25) is 0 Å². The number of ether oxygens (including phenoxy) is 2. The lowest BCUT2D eigenvalue weighted by molar-refractivity contribution is 0.483. The summed E-state index contributed by atoms with van der Waals surface area (Å²) in [7, 11) is 0. The lowest BCUT2D eigenvalue weighted by Crippen LogP contribution is -2.00. The molecule has 6 nitrogen and oxygen atoms in total. The van der Waals surface area contributed by atoms with Crippen LogP contribution in [0.5, 0.6) is 11.5 Å². The van der Waals surface area contributed by atoms with E-state index in [2.05, 4.69) is 20.6 Å². The maximum atomic E-state index is 5.73. The summed E-state index contributed by atoms with van der Waals surface area (Å²) in [6.45, 7) is 0. The Kier molecular flexibility index (Phi) is 5.30. The second kappa shape index (κ2) is 8.55. The van der Waals surface area contributed by atoms with Crippen molar-refractivity contribution in [2.45, 2.75) is 0 Å². The Balaban J connectivity index is 1.71. The number of nitrogens with zero attached hydrogens (tertiary/aromatic N) is 2. The first-order valence-electron chi connectivity index (χ1n) is 8.74. The van der Waals surface area contributed by atoms with Crippen molar-refractivity contribution in [2.75, 3.05) is 10.6 Å². The second-order valence-electron chi connectivity index (χ2n) is 5.81. The van der Waals surface area contributed by atoms with Crippen molar-refractivity contribution in [3.05, 3.63) is 97.8 Å². The lowest BCUT2D eigenvalue weighted by Gasteiger charge is -2.12. The average Bonchev–Trinajstić information content (AvgIpc) is 2.72. The molecule has 2 heterocycles. The van der Waals surface area contributed by atoms with Gasteiger partial charge in [0.1, 0.15) is 29.5 Å². The molecular formula is C22H18N4O2. The molecular weight excluding hydrogens is 352 g/mol. The van der Waals surface area contributed by atoms with Crippen LogP contribution < -0.4 is 20.1 Å². The molecule has 0 saturated heterocycles. The zero-order valence-electron chi connectivity index (χ0n) is 14.9. The van der Waals surface area contributed by atoms with E-state index in [9.17, 15) is 0 Å². The van der Waals surface area contributed by atoms with Crippen LogP contribution >= 0.6 is 0 Å². The molecule has 2 aromatic carbocycles. The number of nitrogens with one attached hydrogen (secondary N) is 2. The van der Waals surface area contributed by atoms with Gasteiger partial charge >= 0.3 is 0 Å². The van der Waals surface area contributed by atoms with Gasteiger partial charge in [-0.15, -0.1) is 0 Å². The molecule has 28 heavy (non-hydrogen) atoms. The van der Waals surface area contributed by atoms with Gasteiger partial charge in [0.2, 0.25) is 0 Å². The van der Waals surface area contributed by atoms with Crippen LogP contribution in [0.4, 0.5) is 23.0 Å². The number of anilines is 4. The van der Waals surface area contributed by atoms with Crippen molar-refractivity contribution in [1.82, 2.24) is 9.97 Å². The molecule has 1 aliphatic rings. The molecule has 4 rings (SSSR count). The standard InChI is InChI=1S/C22H18N4O2/c1-2-8-14-28-20-12-6-4-10-18(20)26-22-15-21(23-16-24-22)25-17-9-3-5-11-19(17)27-13-7-1/h1-16H,(H2,23,24,25,26)/b2-1-,13-7-,14-8-. The van der Waals surface area contributed by atoms with Gasteiger partial charge in [-0.2, -0.15) is 0 Å². The summed E-state index contributed by atoms with van der Waals surface area (Å²) < 4.78 is 11.5. The number of allylic oxidation sites excluding steroid dienone is 4. The van der Waals surface area contributed by atoms with E-state index in [1.54, 1.807) is 24.7 Å². The molecule has 0 saturated carbocycles. The van der Waals surface area contributed by atoms with E-state index in [4.69, 9.17) is 9.47 Å². The quantitative estimate of drug-likeness (QED) is 0.558. The smallest absolute Gasteiger partial charge is 0.149 e. The lowest BCUT2D eigenvalue weighted by atomic mass is 10.3. The summed E-state index contributed by atoms with van der Waals surface area (Å²) >= 11 is 0. The summed E-state index contributed by atoms with van der Waals surface area (Å²) in [6.07, 6.45) is 12.0. The highest BCUT2D eigenvalue weighted by atomic mass is 16.5. The zero-order valence-corrected chi connectivity index (χ0v) is 14.9. The molecule has 0 atom stereocenters. The SMILES string of the molecule is C1=C\C=C/Oc2ccccc2Nc2cc(ncn2)Nc2ccccc2O\C=C/1. The number of fused-ring (bicyclic) bond motifs is 4. The number of para-hydroxylation sites is 4. The Labute approximate surface area is 162 Å². The number of benzene rings is 2. The van der Waals surface area contributed by atoms with Crippen LogP contribution in [0.1, 0.15) is 0 Å². The monoisotopic (exact) mass is 370 g/mol. The third kappa shape index (κ3) is 4.37. The summed E-state index contributed by atoms with van der Waals surface area (Å²) in [5.74, 6) is 2.66. The first kappa shape index (κ1) is 17.4. The highest BCUT2D eigenvalue weighted by Crippen LogP contribution is 2.30. The Morgan fingerprint density at radius 2 is 1.11 bits per heavy atom. The van der Waals surface area contributed by atoms with Gasteiger partial charge in [0.15, 0.2) is 0 Å². The molecule has 138 valence electrons. The Hall–Kier alpha value is -4.06. The Morgan fingerprint density at radius 1 is 0.607 bits per heavy atom. The molecule has 0 aliphatic carbocycles. The topological polar surface area (TPSA) is 68.3 Å². The minimum absolute atomic E-state index is 0.639. The highest BCUT2D eigenvalue weighted by molar-refractivity contribution is 5.69. The van der Waals surface area contributed by atoms with Crippen LogP contribution in [0, 0.1) is 0 Å². The molecule has 1 aromatic heterocycles. The van der Waals surface area contributed by atoms with E-state index in [1.807, 2.05) is 66.7 Å². The molecule has 6 heteroatoms. The van der Waals surface area contributed by atoms with E-state index in [-0.39, 0.29) is 0 Å². The maximum Gasteiger partial charge on any atom is 0.149 e. The van der Waals surface area contributed by atoms with Gasteiger partial charge in [0, 0.05) is 6.07 Å². The minimum Gasteiger partial charge on any atom is -0.463 e. The molecule has 0 spiro atoms. The molecule has 0 amide bonds. The molecule has 1 aliphatic heterocycles. The van der Waals surface area contributed by atoms with Gasteiger partial charge < -0.3 is 20.1 Å². The van der Waals surface area contributed by atoms with Gasteiger partial charge in [0.05, 0.1) is 23.9 Å². The molecule has 0 unspecified atom stereocenters. The van der Waals surface area contributed by atoms with Crippen LogP contribution in [0.25, 0.3) is 0 Å². The van der Waals surface area contributed by atoms with Crippen molar-refractivity contribution in [2.24, 2.45) is 0 Å². The predicted octanol–water partition coefficient (Wildman–Crippen LogP) is 5.32. The van der Waals surface area contributed by atoms with E-state index in [0.717, 1.165) is 11.4 Å². The molecule has 0 radical (unpaired) electrons. The van der Waals surface area contributed by atoms with Crippen molar-refractivity contribution in [1.29, 1.82) is 0 Å². The van der Waals surface area contributed by atoms with Crippen LogP contribution in [-0.2, 0) is 0 Å². The average molecular weight is 370 g/mol. The Morgan fingerprint density at radius 3 is 1.64 bits per heavy atom. The van der Waals surface area contributed by atoms with Gasteiger partial charge in [-0.25, -0.2) is 9.97 Å². The number of rotatable bonds is 0. The minimum atomic E-state index is 0.639. The van der Waals surface area contributed by atoms with Gasteiger partial charge in [-0.05, 0) is 36.4 Å². The van der Waals surface area contributed by atoms with Crippen molar-refractivity contribution >= 4 is 23.0 Å². The van der Waals surface area contributed by atoms with Crippen LogP contribution in [0.3, 0.4) is 0 Å². The first-order chi connectivity index (χ1) is 13.9. The number of hydrogen-bond acceptors (Lipinski definition) is 6. The summed E-state index contributed by atoms with van der Waals surface area (Å²) in [4.78, 5) is 8.59. The predicted molar refractivity (Wildman–Crippen MR) is 110 cm³/mol. The maximum absolute atomic E-state index is 5.73. The fourth-order valence-electron chi connectivity index (χ4n) is 2.56. The van der Waals surface area contributed by atoms with Crippen LogP contribution in [0.15, 0.2) is 97.8 Å². The number of aromatic nitrogens is 2. The van der Waals surface area contributed by atoms with E-state index >= 15 is 0 Å². The highest BCUT2D eigenvalue weighted by Gasteiger charge is 2.07. The molecule has 2 bridgehead atoms. The largest absolute Gasteiger partial charge is 0.463 e. The molecule has 2 N–H and O–H groups in total. The third-order valence-corrected chi connectivity index (χ3v) is 3.85. The fourth-order valence-corrected chi connectivity index (χ4v) is 2.56. The van der Waals surface area contributed by atoms with E-state index in [0.29, 0.717) is 23.1 Å². The summed E-state index contributed by atoms with van der Waals surface area (Å²) in [5, 5.41) is 6.54. The van der Waals surface area contributed by atoms with Crippen LogP contribution in [-0.4, -0.2) is 9.97 Å². The summed E-state index contributed by atoms with van der Waals surface area (Å²) in [5.41, 5.74) is 1.60. The number of hydrogen-bond donors (Lipinski definition) is 2. The third-order valence-electron chi connectivity index (χ3n) is 3.85. The Bertz CT molecular complexity index is 965. The van der Waals surface area contributed by atoms with Crippen molar-refractivity contribution in [3.63, 3.8) is 0 Å². The second-order valence-corrected chi connectivity index (χ2v) is 5.81. The molecule has 0 fully saturated rings. The van der Waals surface area contributed by atoms with Crippen molar-refractivity contribution < 1.29 is 9.47 Å². The summed E-state index contributed by atoms with van der Waals surface area (Å²) in [6, 6.07) is 17.1. The van der Waals surface area contributed by atoms with E-state index < -0.39 is 0 Å². The van der Waals surface area contributed by atoms with Gasteiger partial charge in [0.25, 0.3) is 0 Å². The first-order valence-corrected chi connectivity index (χ1v) is 8.74. The normalized spacial score (nSPS) is 16.4. The fraction of sp³-hybridized carbons (Fsp3) is 0. The van der Waals surface area contributed by atoms with Crippen molar-refractivity contribution in [3.8, 4) is 11.5 Å². The van der Waals surface area contributed by atoms with Gasteiger partial charge in [-0.3, -0.25) is 0 Å².